The highest BCUT2D eigenvalue weighted by Gasteiger charge is 2.15. The van der Waals surface area contributed by atoms with Crippen LogP contribution in [0.4, 0.5) is 5.69 Å². The van der Waals surface area contributed by atoms with Crippen LogP contribution in [0.3, 0.4) is 0 Å². The van der Waals surface area contributed by atoms with Crippen LogP contribution < -0.4 is 15.4 Å². The van der Waals surface area contributed by atoms with Crippen molar-refractivity contribution in [1.82, 2.24) is 10.3 Å². The van der Waals surface area contributed by atoms with Crippen LogP contribution in [0.5, 0.6) is 5.75 Å². The summed E-state index contributed by atoms with van der Waals surface area (Å²) in [5.74, 6) is 0.258. The summed E-state index contributed by atoms with van der Waals surface area (Å²) < 4.78 is 5.23. The number of pyridine rings is 1. The van der Waals surface area contributed by atoms with E-state index in [1.54, 1.807) is 44.5 Å². The molecule has 0 radical (unpaired) electrons. The number of rotatable bonds is 5. The Bertz CT molecular complexity index is 1270. The molecule has 0 atom stereocenters. The molecule has 0 unspecified atom stereocenters. The molecule has 6 nitrogen and oxygen atoms in total. The molecule has 0 bridgehead atoms. The third-order valence-corrected chi connectivity index (χ3v) is 4.96. The second-order valence-corrected chi connectivity index (χ2v) is 6.91. The molecule has 3 aromatic carbocycles. The number of carbonyl (C=O) groups excluding carboxylic acids is 2. The van der Waals surface area contributed by atoms with E-state index in [0.717, 1.165) is 22.2 Å². The maximum absolute atomic E-state index is 13.2. The van der Waals surface area contributed by atoms with Gasteiger partial charge in [-0.15, -0.1) is 0 Å². The summed E-state index contributed by atoms with van der Waals surface area (Å²) in [7, 11) is 3.18. The number of anilines is 1. The van der Waals surface area contributed by atoms with E-state index >= 15 is 0 Å². The van der Waals surface area contributed by atoms with Crippen molar-refractivity contribution in [3.05, 3.63) is 90.0 Å². The van der Waals surface area contributed by atoms with Gasteiger partial charge < -0.3 is 15.4 Å². The molecule has 0 aliphatic heterocycles. The third-order valence-electron chi connectivity index (χ3n) is 4.96. The molecule has 0 saturated heterocycles. The Morgan fingerprint density at radius 1 is 0.871 bits per heavy atom. The monoisotopic (exact) mass is 411 g/mol. The number of nitrogens with one attached hydrogen (secondary N) is 2. The zero-order valence-corrected chi connectivity index (χ0v) is 17.2. The van der Waals surface area contributed by atoms with Gasteiger partial charge in [0.2, 0.25) is 0 Å². The zero-order valence-electron chi connectivity index (χ0n) is 17.2. The summed E-state index contributed by atoms with van der Waals surface area (Å²) >= 11 is 0. The van der Waals surface area contributed by atoms with Crippen LogP contribution in [0.2, 0.25) is 0 Å². The number of benzene rings is 3. The number of para-hydroxylation sites is 1. The number of hydrogen-bond acceptors (Lipinski definition) is 4. The minimum Gasteiger partial charge on any atom is -0.497 e. The number of amides is 2. The smallest absolute Gasteiger partial charge is 0.256 e. The molecule has 6 heteroatoms. The fraction of sp³-hybridized carbons (Fsp3) is 0.0800. The Balaban J connectivity index is 1.73. The molecule has 2 amide bonds. The molecule has 31 heavy (non-hydrogen) atoms. The van der Waals surface area contributed by atoms with E-state index in [9.17, 15) is 9.59 Å². The number of carbonyl (C=O) groups is 2. The van der Waals surface area contributed by atoms with Crippen molar-refractivity contribution in [2.75, 3.05) is 19.5 Å². The third kappa shape index (κ3) is 4.23. The first kappa shape index (κ1) is 20.1. The number of nitrogens with zero attached hydrogens (tertiary/aromatic N) is 1. The highest BCUT2D eigenvalue weighted by atomic mass is 16.5. The van der Waals surface area contributed by atoms with Crippen LogP contribution >= 0.6 is 0 Å². The molecule has 4 rings (SSSR count). The molecule has 154 valence electrons. The fourth-order valence-corrected chi connectivity index (χ4v) is 3.35. The van der Waals surface area contributed by atoms with E-state index in [-0.39, 0.29) is 11.8 Å². The van der Waals surface area contributed by atoms with Crippen LogP contribution in [-0.4, -0.2) is 31.0 Å². The average molecular weight is 411 g/mol. The van der Waals surface area contributed by atoms with Gasteiger partial charge in [-0.25, -0.2) is 4.98 Å². The van der Waals surface area contributed by atoms with Crippen molar-refractivity contribution < 1.29 is 14.3 Å². The number of ether oxygens (including phenoxy) is 1. The van der Waals surface area contributed by atoms with Crippen molar-refractivity contribution in [1.29, 1.82) is 0 Å². The number of aromatic nitrogens is 1. The molecule has 0 aliphatic carbocycles. The highest BCUT2D eigenvalue weighted by molar-refractivity contribution is 6.13. The van der Waals surface area contributed by atoms with Gasteiger partial charge in [0.1, 0.15) is 5.75 Å². The topological polar surface area (TPSA) is 80.3 Å². The predicted octanol–water partition coefficient (Wildman–Crippen LogP) is 4.52. The quantitative estimate of drug-likeness (QED) is 0.506. The van der Waals surface area contributed by atoms with Crippen molar-refractivity contribution in [2.45, 2.75) is 0 Å². The van der Waals surface area contributed by atoms with E-state index in [1.807, 2.05) is 48.5 Å². The molecule has 1 aromatic heterocycles. The Morgan fingerprint density at radius 2 is 1.65 bits per heavy atom. The van der Waals surface area contributed by atoms with Gasteiger partial charge in [0.05, 0.1) is 23.9 Å². The van der Waals surface area contributed by atoms with Crippen molar-refractivity contribution in [2.24, 2.45) is 0 Å². The van der Waals surface area contributed by atoms with Crippen LogP contribution in [-0.2, 0) is 0 Å². The standard InChI is InChI=1S/C25H21N3O3/c1-26-24(29)17-6-5-7-18(14-17)27-25(30)21-15-23(16-10-12-19(31-2)13-11-16)28-22-9-4-3-8-20(21)22/h3-15H,1-2H3,(H,26,29)(H,27,30). The van der Waals surface area contributed by atoms with E-state index in [2.05, 4.69) is 10.6 Å². The molecule has 0 aliphatic rings. The lowest BCUT2D eigenvalue weighted by molar-refractivity contribution is 0.0961. The molecule has 4 aromatic rings. The average Bonchev–Trinajstić information content (AvgIpc) is 2.83. The first-order chi connectivity index (χ1) is 15.1. The summed E-state index contributed by atoms with van der Waals surface area (Å²) in [5, 5.41) is 6.23. The van der Waals surface area contributed by atoms with Gasteiger partial charge in [0, 0.05) is 29.2 Å². The molecule has 2 N–H and O–H groups in total. The molecular weight excluding hydrogens is 390 g/mol. The van der Waals surface area contributed by atoms with Crippen LogP contribution in [0, 0.1) is 0 Å². The minimum absolute atomic E-state index is 0.216. The van der Waals surface area contributed by atoms with Gasteiger partial charge in [0.15, 0.2) is 0 Å². The minimum atomic E-state index is -0.276. The summed E-state index contributed by atoms with van der Waals surface area (Å²) in [6.07, 6.45) is 0. The summed E-state index contributed by atoms with van der Waals surface area (Å²) in [6.45, 7) is 0. The Labute approximate surface area is 179 Å². The number of hydrogen-bond donors (Lipinski definition) is 2. The molecule has 0 fully saturated rings. The lowest BCUT2D eigenvalue weighted by Crippen LogP contribution is -2.18. The van der Waals surface area contributed by atoms with Gasteiger partial charge in [-0.3, -0.25) is 9.59 Å². The van der Waals surface area contributed by atoms with Gasteiger partial charge in [-0.2, -0.15) is 0 Å². The second kappa shape index (κ2) is 8.67. The summed E-state index contributed by atoms with van der Waals surface area (Å²) in [4.78, 5) is 29.8. The Morgan fingerprint density at radius 3 is 2.39 bits per heavy atom. The van der Waals surface area contributed by atoms with Crippen molar-refractivity contribution in [3.8, 4) is 17.0 Å². The summed E-state index contributed by atoms with van der Waals surface area (Å²) in [5.41, 5.74) is 3.80. The maximum atomic E-state index is 13.2. The van der Waals surface area contributed by atoms with E-state index in [1.165, 1.54) is 0 Å². The van der Waals surface area contributed by atoms with Crippen LogP contribution in [0.15, 0.2) is 78.9 Å². The predicted molar refractivity (Wildman–Crippen MR) is 122 cm³/mol. The lowest BCUT2D eigenvalue weighted by atomic mass is 10.0. The van der Waals surface area contributed by atoms with Gasteiger partial charge in [-0.1, -0.05) is 24.3 Å². The number of methoxy groups -OCH3 is 1. The Hall–Kier alpha value is -4.19. The van der Waals surface area contributed by atoms with Crippen molar-refractivity contribution in [3.63, 3.8) is 0 Å². The van der Waals surface area contributed by atoms with Crippen molar-refractivity contribution >= 4 is 28.4 Å². The largest absolute Gasteiger partial charge is 0.497 e. The number of fused-ring (bicyclic) bond motifs is 1. The van der Waals surface area contributed by atoms with Gasteiger partial charge >= 0.3 is 0 Å². The molecule has 0 saturated carbocycles. The van der Waals surface area contributed by atoms with Gasteiger partial charge in [-0.05, 0) is 54.6 Å². The second-order valence-electron chi connectivity index (χ2n) is 6.91. The fourth-order valence-electron chi connectivity index (χ4n) is 3.35. The van der Waals surface area contributed by atoms with E-state index in [0.29, 0.717) is 22.5 Å². The molecule has 1 heterocycles. The first-order valence-electron chi connectivity index (χ1n) is 9.77. The lowest BCUT2D eigenvalue weighted by Gasteiger charge is -2.11. The SMILES string of the molecule is CNC(=O)c1cccc(NC(=O)c2cc(-c3ccc(OC)cc3)nc3ccccc23)c1. The van der Waals surface area contributed by atoms with E-state index in [4.69, 9.17) is 9.72 Å². The Kier molecular flexibility index (Phi) is 5.62. The maximum Gasteiger partial charge on any atom is 0.256 e. The van der Waals surface area contributed by atoms with E-state index < -0.39 is 0 Å². The molecular formula is C25H21N3O3. The summed E-state index contributed by atoms with van der Waals surface area (Å²) in [6, 6.07) is 23.6. The van der Waals surface area contributed by atoms with Gasteiger partial charge in [0.25, 0.3) is 11.8 Å². The van der Waals surface area contributed by atoms with Crippen LogP contribution in [0.25, 0.3) is 22.2 Å². The normalized spacial score (nSPS) is 10.5. The highest BCUT2D eigenvalue weighted by Crippen LogP contribution is 2.27. The molecule has 0 spiro atoms. The zero-order chi connectivity index (χ0) is 21.8. The first-order valence-corrected chi connectivity index (χ1v) is 9.77. The van der Waals surface area contributed by atoms with Crippen LogP contribution in [0.1, 0.15) is 20.7 Å².